The van der Waals surface area contributed by atoms with Crippen LogP contribution in [0.15, 0.2) is 16.8 Å². The van der Waals surface area contributed by atoms with Crippen LogP contribution in [-0.4, -0.2) is 49.1 Å². The number of hydrogen-bond acceptors (Lipinski definition) is 4. The van der Waals surface area contributed by atoms with E-state index >= 15 is 0 Å². The minimum absolute atomic E-state index is 0.0209. The fraction of sp³-hybridized carbons (Fsp3) is 0.647. The lowest BCUT2D eigenvalue weighted by atomic mass is 9.93. The first-order valence-corrected chi connectivity index (χ1v) is 9.28. The van der Waals surface area contributed by atoms with Crippen molar-refractivity contribution in [3.05, 3.63) is 22.4 Å². The zero-order valence-electron chi connectivity index (χ0n) is 13.2. The number of carbonyl (C=O) groups is 2. The zero-order chi connectivity index (χ0) is 16.0. The Hall–Kier alpha value is -1.40. The van der Waals surface area contributed by atoms with E-state index in [0.717, 1.165) is 25.1 Å². The first kappa shape index (κ1) is 15.1. The molecule has 3 aliphatic rings. The number of ether oxygens (including phenoxy) is 1. The molecule has 3 heterocycles. The van der Waals surface area contributed by atoms with Crippen LogP contribution in [0.4, 0.5) is 0 Å². The minimum Gasteiger partial charge on any atom is -0.376 e. The predicted octanol–water partition coefficient (Wildman–Crippen LogP) is 1.61. The highest BCUT2D eigenvalue weighted by molar-refractivity contribution is 7.08. The number of thiophene rings is 1. The van der Waals surface area contributed by atoms with Gasteiger partial charge in [0.15, 0.2) is 0 Å². The molecule has 1 aromatic heterocycles. The lowest BCUT2D eigenvalue weighted by molar-refractivity contribution is -0.132. The molecule has 4 rings (SSSR count). The fourth-order valence-corrected chi connectivity index (χ4v) is 4.45. The molecule has 23 heavy (non-hydrogen) atoms. The summed E-state index contributed by atoms with van der Waals surface area (Å²) in [7, 11) is 0. The van der Waals surface area contributed by atoms with Gasteiger partial charge in [-0.15, -0.1) is 0 Å². The van der Waals surface area contributed by atoms with Gasteiger partial charge in [-0.1, -0.05) is 6.92 Å². The number of rotatable bonds is 4. The Morgan fingerprint density at radius 1 is 1.43 bits per heavy atom. The third kappa shape index (κ3) is 2.90. The van der Waals surface area contributed by atoms with E-state index in [2.05, 4.69) is 12.2 Å². The Bertz CT molecular complexity index is 603. The Morgan fingerprint density at radius 3 is 2.96 bits per heavy atom. The van der Waals surface area contributed by atoms with E-state index in [-0.39, 0.29) is 17.9 Å². The van der Waals surface area contributed by atoms with Gasteiger partial charge in [-0.25, -0.2) is 0 Å². The maximum absolute atomic E-state index is 12.4. The third-order valence-electron chi connectivity index (χ3n) is 5.49. The zero-order valence-corrected chi connectivity index (χ0v) is 14.1. The SMILES string of the molecule is C[C@@H]1C[C@H]1C(=O)N1C[C@@H]2[C@@H](CNC(=O)c3ccsc3)CO[C@@H]2C1. The van der Waals surface area contributed by atoms with Gasteiger partial charge in [-0.2, -0.15) is 11.3 Å². The molecule has 2 amide bonds. The average molecular weight is 334 g/mol. The van der Waals surface area contributed by atoms with Gasteiger partial charge >= 0.3 is 0 Å². The first-order chi connectivity index (χ1) is 11.1. The highest BCUT2D eigenvalue weighted by Gasteiger charge is 2.49. The van der Waals surface area contributed by atoms with Crippen molar-refractivity contribution in [2.75, 3.05) is 26.2 Å². The number of amides is 2. The van der Waals surface area contributed by atoms with Crippen molar-refractivity contribution in [3.63, 3.8) is 0 Å². The summed E-state index contributed by atoms with van der Waals surface area (Å²) in [5.41, 5.74) is 0.719. The first-order valence-electron chi connectivity index (χ1n) is 8.34. The number of carbonyl (C=O) groups excluding carboxylic acids is 2. The molecule has 0 aromatic carbocycles. The van der Waals surface area contributed by atoms with Crippen LogP contribution < -0.4 is 5.32 Å². The molecule has 0 spiro atoms. The monoisotopic (exact) mass is 334 g/mol. The lowest BCUT2D eigenvalue weighted by Gasteiger charge is -2.20. The second-order valence-electron chi connectivity index (χ2n) is 7.08. The van der Waals surface area contributed by atoms with Gasteiger partial charge in [0.2, 0.25) is 5.91 Å². The number of hydrogen-bond donors (Lipinski definition) is 1. The van der Waals surface area contributed by atoms with Gasteiger partial charge < -0.3 is 15.0 Å². The van der Waals surface area contributed by atoms with Crippen LogP contribution in [0.2, 0.25) is 0 Å². The molecule has 2 saturated heterocycles. The van der Waals surface area contributed by atoms with Crippen LogP contribution in [-0.2, 0) is 9.53 Å². The van der Waals surface area contributed by atoms with Crippen molar-refractivity contribution in [2.24, 2.45) is 23.7 Å². The molecule has 124 valence electrons. The van der Waals surface area contributed by atoms with E-state index in [1.807, 2.05) is 21.7 Å². The highest BCUT2D eigenvalue weighted by atomic mass is 32.1. The van der Waals surface area contributed by atoms with E-state index in [1.165, 1.54) is 11.3 Å². The van der Waals surface area contributed by atoms with Gasteiger partial charge in [-0.3, -0.25) is 9.59 Å². The second kappa shape index (κ2) is 5.91. The lowest BCUT2D eigenvalue weighted by Crippen LogP contribution is -2.35. The van der Waals surface area contributed by atoms with Crippen LogP contribution in [0.3, 0.4) is 0 Å². The van der Waals surface area contributed by atoms with Crippen molar-refractivity contribution in [2.45, 2.75) is 19.4 Å². The average Bonchev–Trinajstić information content (AvgIpc) is 2.99. The molecule has 0 radical (unpaired) electrons. The Morgan fingerprint density at radius 2 is 2.26 bits per heavy atom. The standard InChI is InChI=1S/C17H22N2O3S/c1-10-4-13(10)17(21)19-6-14-12(8-22-15(14)7-19)5-18-16(20)11-2-3-23-9-11/h2-3,9-10,12-15H,4-8H2,1H3,(H,18,20)/t10-,12+,13-,14-,15-/m1/s1. The topological polar surface area (TPSA) is 58.6 Å². The summed E-state index contributed by atoms with van der Waals surface area (Å²) in [6, 6.07) is 1.83. The largest absolute Gasteiger partial charge is 0.376 e. The summed E-state index contributed by atoms with van der Waals surface area (Å²) >= 11 is 1.52. The molecule has 5 nitrogen and oxygen atoms in total. The molecule has 6 heteroatoms. The van der Waals surface area contributed by atoms with Gasteiger partial charge in [0, 0.05) is 48.3 Å². The van der Waals surface area contributed by atoms with Gasteiger partial charge in [-0.05, 0) is 23.8 Å². The van der Waals surface area contributed by atoms with Crippen molar-refractivity contribution in [1.29, 1.82) is 0 Å². The summed E-state index contributed by atoms with van der Waals surface area (Å²) in [5.74, 6) is 1.73. The molecule has 1 N–H and O–H groups in total. The summed E-state index contributed by atoms with van der Waals surface area (Å²) in [4.78, 5) is 26.4. The Kier molecular flexibility index (Phi) is 3.89. The molecule has 1 aliphatic carbocycles. The number of nitrogens with zero attached hydrogens (tertiary/aromatic N) is 1. The summed E-state index contributed by atoms with van der Waals surface area (Å²) in [6.45, 7) is 4.95. The fourth-order valence-electron chi connectivity index (χ4n) is 3.81. The summed E-state index contributed by atoms with van der Waals surface area (Å²) in [5, 5.41) is 6.77. The highest BCUT2D eigenvalue weighted by Crippen LogP contribution is 2.41. The van der Waals surface area contributed by atoms with Crippen LogP contribution in [0, 0.1) is 23.7 Å². The van der Waals surface area contributed by atoms with E-state index in [1.54, 1.807) is 0 Å². The molecule has 1 aromatic rings. The Labute approximate surface area is 140 Å². The molecule has 2 aliphatic heterocycles. The molecule has 0 unspecified atom stereocenters. The van der Waals surface area contributed by atoms with Crippen LogP contribution in [0.25, 0.3) is 0 Å². The molecular weight excluding hydrogens is 312 g/mol. The molecule has 3 fully saturated rings. The second-order valence-corrected chi connectivity index (χ2v) is 7.86. The van der Waals surface area contributed by atoms with Crippen molar-refractivity contribution in [3.8, 4) is 0 Å². The van der Waals surface area contributed by atoms with Crippen molar-refractivity contribution >= 4 is 23.2 Å². The summed E-state index contributed by atoms with van der Waals surface area (Å²) < 4.78 is 5.88. The van der Waals surface area contributed by atoms with Crippen LogP contribution >= 0.6 is 11.3 Å². The van der Waals surface area contributed by atoms with E-state index in [0.29, 0.717) is 36.8 Å². The number of likely N-dealkylation sites (tertiary alicyclic amines) is 1. The van der Waals surface area contributed by atoms with Crippen LogP contribution in [0.1, 0.15) is 23.7 Å². The van der Waals surface area contributed by atoms with Gasteiger partial charge in [0.25, 0.3) is 5.91 Å². The predicted molar refractivity (Wildman–Crippen MR) is 87.2 cm³/mol. The van der Waals surface area contributed by atoms with E-state index < -0.39 is 0 Å². The smallest absolute Gasteiger partial charge is 0.252 e. The quantitative estimate of drug-likeness (QED) is 0.910. The molecule has 1 saturated carbocycles. The van der Waals surface area contributed by atoms with Crippen LogP contribution in [0.5, 0.6) is 0 Å². The van der Waals surface area contributed by atoms with Crippen molar-refractivity contribution < 1.29 is 14.3 Å². The Balaban J connectivity index is 1.31. The minimum atomic E-state index is -0.0209. The van der Waals surface area contributed by atoms with Crippen molar-refractivity contribution in [1.82, 2.24) is 10.2 Å². The van der Waals surface area contributed by atoms with E-state index in [4.69, 9.17) is 4.74 Å². The summed E-state index contributed by atoms with van der Waals surface area (Å²) in [6.07, 6.45) is 1.18. The normalized spacial score (nSPS) is 35.2. The van der Waals surface area contributed by atoms with Gasteiger partial charge in [0.1, 0.15) is 0 Å². The maximum Gasteiger partial charge on any atom is 0.252 e. The van der Waals surface area contributed by atoms with E-state index in [9.17, 15) is 9.59 Å². The maximum atomic E-state index is 12.4. The third-order valence-corrected chi connectivity index (χ3v) is 6.17. The molecule has 5 atom stereocenters. The molecule has 0 bridgehead atoms. The molecular formula is C17H22N2O3S. The number of fused-ring (bicyclic) bond motifs is 1. The van der Waals surface area contributed by atoms with Gasteiger partial charge in [0.05, 0.1) is 12.7 Å². The number of nitrogens with one attached hydrogen (secondary N) is 1.